The summed E-state index contributed by atoms with van der Waals surface area (Å²) in [4.78, 5) is 24.4. The monoisotopic (exact) mass is 472 g/mol. The van der Waals surface area contributed by atoms with Crippen LogP contribution in [0.1, 0.15) is 24.7 Å². The van der Waals surface area contributed by atoms with Gasteiger partial charge in [-0.2, -0.15) is 0 Å². The zero-order valence-electron chi connectivity index (χ0n) is 18.4. The van der Waals surface area contributed by atoms with Gasteiger partial charge in [0, 0.05) is 24.5 Å². The molecule has 9 heteroatoms. The molecule has 1 atom stereocenters. The maximum absolute atomic E-state index is 14.9. The third-order valence-electron chi connectivity index (χ3n) is 5.62. The molecule has 0 radical (unpaired) electrons. The molecule has 1 fully saturated rings. The van der Waals surface area contributed by atoms with Crippen LogP contribution in [0, 0.1) is 17.5 Å². The highest BCUT2D eigenvalue weighted by Gasteiger charge is 2.33. The number of halogens is 3. The lowest BCUT2D eigenvalue weighted by Crippen LogP contribution is -2.33. The molecule has 3 aromatic rings. The number of aryl methyl sites for hydroxylation is 2. The summed E-state index contributed by atoms with van der Waals surface area (Å²) in [5, 5.41) is 2.56. The number of nitrogens with one attached hydrogen (secondary N) is 1. The van der Waals surface area contributed by atoms with E-state index in [1.54, 1.807) is 12.3 Å². The fourth-order valence-electron chi connectivity index (χ4n) is 3.89. The maximum Gasteiger partial charge on any atom is 0.414 e. The second-order valence-electron chi connectivity index (χ2n) is 8.05. The second kappa shape index (κ2) is 10.0. The molecule has 1 aliphatic rings. The predicted octanol–water partition coefficient (Wildman–Crippen LogP) is 5.00. The minimum Gasteiger partial charge on any atom is -0.469 e. The summed E-state index contributed by atoms with van der Waals surface area (Å²) in [5.74, 6) is -2.44. The fourth-order valence-corrected chi connectivity index (χ4v) is 3.89. The molecular formula is C25H23F3N2O4. The van der Waals surface area contributed by atoms with Crippen LogP contribution in [-0.2, 0) is 22.4 Å². The van der Waals surface area contributed by atoms with Crippen molar-refractivity contribution in [1.29, 1.82) is 0 Å². The van der Waals surface area contributed by atoms with Crippen molar-refractivity contribution in [2.24, 2.45) is 0 Å². The van der Waals surface area contributed by atoms with E-state index in [0.29, 0.717) is 19.3 Å². The lowest BCUT2D eigenvalue weighted by atomic mass is 9.99. The van der Waals surface area contributed by atoms with Crippen molar-refractivity contribution < 1.29 is 31.9 Å². The van der Waals surface area contributed by atoms with E-state index < -0.39 is 29.6 Å². The number of benzene rings is 2. The summed E-state index contributed by atoms with van der Waals surface area (Å²) in [6.07, 6.45) is 1.77. The van der Waals surface area contributed by atoms with E-state index in [0.717, 1.165) is 11.8 Å². The van der Waals surface area contributed by atoms with Crippen molar-refractivity contribution in [3.05, 3.63) is 77.5 Å². The number of cyclic esters (lactones) is 1. The lowest BCUT2D eigenvalue weighted by molar-refractivity contribution is -0.119. The highest BCUT2D eigenvalue weighted by Crippen LogP contribution is 2.32. The molecule has 2 heterocycles. The Morgan fingerprint density at radius 1 is 1.09 bits per heavy atom. The van der Waals surface area contributed by atoms with Crippen LogP contribution in [0.15, 0.2) is 53.1 Å². The van der Waals surface area contributed by atoms with E-state index in [2.05, 4.69) is 5.32 Å². The van der Waals surface area contributed by atoms with E-state index in [4.69, 9.17) is 9.15 Å². The Morgan fingerprint density at radius 3 is 2.59 bits per heavy atom. The summed E-state index contributed by atoms with van der Waals surface area (Å²) in [6, 6.07) is 10.2. The fraction of sp³-hybridized carbons (Fsp3) is 0.280. The molecule has 0 bridgehead atoms. The van der Waals surface area contributed by atoms with Gasteiger partial charge in [-0.3, -0.25) is 9.69 Å². The van der Waals surface area contributed by atoms with Crippen molar-refractivity contribution in [2.45, 2.75) is 32.3 Å². The molecule has 1 saturated heterocycles. The van der Waals surface area contributed by atoms with Gasteiger partial charge in [0.15, 0.2) is 11.6 Å². The maximum atomic E-state index is 14.9. The summed E-state index contributed by atoms with van der Waals surface area (Å²) >= 11 is 0. The predicted molar refractivity (Wildman–Crippen MR) is 119 cm³/mol. The number of anilines is 1. The van der Waals surface area contributed by atoms with Gasteiger partial charge in [-0.15, -0.1) is 0 Å². The Bertz CT molecular complexity index is 1200. The third kappa shape index (κ3) is 5.08. The van der Waals surface area contributed by atoms with Crippen LogP contribution in [0.25, 0.3) is 11.1 Å². The van der Waals surface area contributed by atoms with Crippen LogP contribution in [0.5, 0.6) is 0 Å². The molecule has 1 aliphatic heterocycles. The smallest absolute Gasteiger partial charge is 0.414 e. The number of amides is 2. The summed E-state index contributed by atoms with van der Waals surface area (Å²) in [7, 11) is 0. The van der Waals surface area contributed by atoms with E-state index in [1.165, 1.54) is 36.1 Å². The van der Waals surface area contributed by atoms with E-state index in [9.17, 15) is 22.8 Å². The average molecular weight is 472 g/mol. The number of nitrogens with zero attached hydrogens (tertiary/aromatic N) is 1. The quantitative estimate of drug-likeness (QED) is 0.501. The first kappa shape index (κ1) is 23.4. The third-order valence-corrected chi connectivity index (χ3v) is 5.62. The van der Waals surface area contributed by atoms with Crippen LogP contribution in [0.3, 0.4) is 0 Å². The largest absolute Gasteiger partial charge is 0.469 e. The highest BCUT2D eigenvalue weighted by molar-refractivity contribution is 5.90. The number of hydrogen-bond acceptors (Lipinski definition) is 4. The first-order chi connectivity index (χ1) is 16.3. The first-order valence-corrected chi connectivity index (χ1v) is 10.8. The van der Waals surface area contributed by atoms with Gasteiger partial charge >= 0.3 is 6.09 Å². The van der Waals surface area contributed by atoms with Gasteiger partial charge in [-0.1, -0.05) is 12.1 Å². The van der Waals surface area contributed by atoms with Crippen LogP contribution in [0.2, 0.25) is 0 Å². The Kier molecular flexibility index (Phi) is 6.90. The minimum absolute atomic E-state index is 0.119. The van der Waals surface area contributed by atoms with E-state index in [-0.39, 0.29) is 41.4 Å². The molecule has 0 saturated carbocycles. The Labute approximate surface area is 194 Å². The summed E-state index contributed by atoms with van der Waals surface area (Å²) < 4.78 is 54.8. The molecule has 4 rings (SSSR count). The van der Waals surface area contributed by atoms with Crippen LogP contribution < -0.4 is 10.2 Å². The molecule has 34 heavy (non-hydrogen) atoms. The number of carbonyl (C=O) groups is 2. The Morgan fingerprint density at radius 2 is 1.88 bits per heavy atom. The number of ether oxygens (including phenoxy) is 1. The van der Waals surface area contributed by atoms with Crippen molar-refractivity contribution in [3.8, 4) is 11.1 Å². The van der Waals surface area contributed by atoms with Gasteiger partial charge in [0.25, 0.3) is 0 Å². The van der Waals surface area contributed by atoms with Gasteiger partial charge in [0.05, 0.1) is 25.0 Å². The van der Waals surface area contributed by atoms with Gasteiger partial charge in [0.1, 0.15) is 17.7 Å². The lowest BCUT2D eigenvalue weighted by Gasteiger charge is -2.15. The van der Waals surface area contributed by atoms with Crippen molar-refractivity contribution in [1.82, 2.24) is 5.32 Å². The molecule has 6 nitrogen and oxygen atoms in total. The van der Waals surface area contributed by atoms with Gasteiger partial charge < -0.3 is 14.5 Å². The second-order valence-corrected chi connectivity index (χ2v) is 8.05. The number of rotatable bonds is 8. The zero-order chi connectivity index (χ0) is 24.2. The van der Waals surface area contributed by atoms with Crippen molar-refractivity contribution in [3.63, 3.8) is 0 Å². The van der Waals surface area contributed by atoms with Crippen LogP contribution in [0.4, 0.5) is 23.7 Å². The van der Waals surface area contributed by atoms with E-state index >= 15 is 0 Å². The molecule has 178 valence electrons. The van der Waals surface area contributed by atoms with E-state index in [1.807, 2.05) is 6.07 Å². The molecule has 1 N–H and O–H groups in total. The SMILES string of the molecule is CC(=O)NC[C@H]1CN(c2ccc(-c3ccc(CCCc4ccco4)c(F)c3F)c(F)c2)C(=O)O1. The summed E-state index contributed by atoms with van der Waals surface area (Å²) in [6.45, 7) is 1.60. The number of carbonyl (C=O) groups excluding carboxylic acids is 2. The number of furan rings is 1. The highest BCUT2D eigenvalue weighted by atomic mass is 19.2. The van der Waals surface area contributed by atoms with Crippen molar-refractivity contribution >= 4 is 17.7 Å². The van der Waals surface area contributed by atoms with Crippen LogP contribution >= 0.6 is 0 Å². The van der Waals surface area contributed by atoms with Crippen LogP contribution in [-0.4, -0.2) is 31.2 Å². The topological polar surface area (TPSA) is 71.8 Å². The Hall–Kier alpha value is -3.75. The van der Waals surface area contributed by atoms with Crippen molar-refractivity contribution in [2.75, 3.05) is 18.0 Å². The molecule has 0 aliphatic carbocycles. The Balaban J connectivity index is 1.47. The van der Waals surface area contributed by atoms with Gasteiger partial charge in [-0.25, -0.2) is 18.0 Å². The normalized spacial score (nSPS) is 15.5. The first-order valence-electron chi connectivity index (χ1n) is 10.8. The molecule has 2 amide bonds. The molecule has 1 aromatic heterocycles. The molecule has 2 aromatic carbocycles. The average Bonchev–Trinajstić information content (AvgIpc) is 3.45. The number of hydrogen-bond donors (Lipinski definition) is 1. The molecule has 0 unspecified atom stereocenters. The molecule has 0 spiro atoms. The van der Waals surface area contributed by atoms with Gasteiger partial charge in [0.2, 0.25) is 5.91 Å². The zero-order valence-corrected chi connectivity index (χ0v) is 18.4. The molecular weight excluding hydrogens is 449 g/mol. The standard InChI is InChI=1S/C25H23F3N2O4/c1-15(31)29-13-19-14-30(25(32)34-19)17-8-10-20(22(26)12-17)21-9-7-16(23(27)24(21)28)4-2-5-18-6-3-11-33-18/h3,6-12,19H,2,4-5,13-14H2,1H3,(H,29,31)/t19-/m0/s1. The minimum atomic E-state index is -1.13. The summed E-state index contributed by atoms with van der Waals surface area (Å²) in [5.41, 5.74) is 0.0929. The van der Waals surface area contributed by atoms with Gasteiger partial charge in [-0.05, 0) is 48.7 Å².